The minimum Gasteiger partial charge on any atom is -0.350 e. The number of aryl methyl sites for hydroxylation is 1. The Balaban J connectivity index is 1.52. The van der Waals surface area contributed by atoms with Gasteiger partial charge in [-0.2, -0.15) is 17.5 Å². The summed E-state index contributed by atoms with van der Waals surface area (Å²) in [5, 5.41) is 2.02. The third-order valence-electron chi connectivity index (χ3n) is 7.23. The highest BCUT2D eigenvalue weighted by Crippen LogP contribution is 2.42. The predicted molar refractivity (Wildman–Crippen MR) is 128 cm³/mol. The number of carbonyl (C=O) groups excluding carboxylic acids is 1. The Morgan fingerprint density at radius 2 is 1.74 bits per heavy atom. The lowest BCUT2D eigenvalue weighted by molar-refractivity contribution is -0.138. The number of aromatic nitrogens is 2. The lowest BCUT2D eigenvalue weighted by Gasteiger charge is -2.50. The lowest BCUT2D eigenvalue weighted by atomic mass is 9.78. The van der Waals surface area contributed by atoms with E-state index < -0.39 is 57.5 Å². The van der Waals surface area contributed by atoms with Crippen molar-refractivity contribution in [2.75, 3.05) is 32.7 Å². The Morgan fingerprint density at radius 1 is 1.11 bits per heavy atom. The molecule has 0 atom stereocenters. The van der Waals surface area contributed by atoms with E-state index >= 15 is 0 Å². The van der Waals surface area contributed by atoms with Gasteiger partial charge in [-0.1, -0.05) is 17.7 Å². The number of nitrogens with zero attached hydrogens (tertiary/aromatic N) is 4. The summed E-state index contributed by atoms with van der Waals surface area (Å²) in [5.74, 6) is -3.96. The summed E-state index contributed by atoms with van der Waals surface area (Å²) in [6.45, 7) is 0.305. The molecule has 210 valence electrons. The van der Waals surface area contributed by atoms with E-state index in [-0.39, 0.29) is 55.6 Å². The molecule has 1 aromatic heterocycles. The minimum absolute atomic E-state index is 0.0259. The first-order valence-corrected chi connectivity index (χ1v) is 13.7. The number of carbonyl (C=O) groups is 1. The largest absolute Gasteiger partial charge is 0.417 e. The van der Waals surface area contributed by atoms with Crippen LogP contribution in [0.2, 0.25) is 5.02 Å². The van der Waals surface area contributed by atoms with Crippen molar-refractivity contribution in [3.63, 3.8) is 0 Å². The van der Waals surface area contributed by atoms with E-state index in [1.54, 1.807) is 7.05 Å². The van der Waals surface area contributed by atoms with E-state index in [0.29, 0.717) is 0 Å². The number of rotatable bonds is 6. The topological polar surface area (TPSA) is 87.5 Å². The molecule has 4 rings (SSSR count). The molecule has 1 amide bonds. The maximum Gasteiger partial charge on any atom is 0.417 e. The Morgan fingerprint density at radius 3 is 2.29 bits per heavy atom. The summed E-state index contributed by atoms with van der Waals surface area (Å²) in [7, 11) is -2.22. The van der Waals surface area contributed by atoms with Crippen molar-refractivity contribution in [1.82, 2.24) is 24.1 Å². The maximum absolute atomic E-state index is 14.1. The zero-order valence-corrected chi connectivity index (χ0v) is 22.0. The Kier molecular flexibility index (Phi) is 7.83. The second kappa shape index (κ2) is 10.4. The molecule has 1 aliphatic carbocycles. The van der Waals surface area contributed by atoms with Gasteiger partial charge in [0.15, 0.2) is 5.03 Å². The van der Waals surface area contributed by atoms with E-state index in [2.05, 4.69) is 10.3 Å². The average molecular weight is 584 g/mol. The first-order valence-electron chi connectivity index (χ1n) is 11.9. The van der Waals surface area contributed by atoms with Crippen LogP contribution in [0, 0.1) is 0 Å². The van der Waals surface area contributed by atoms with Gasteiger partial charge in [-0.25, -0.2) is 22.2 Å². The molecule has 0 radical (unpaired) electrons. The normalized spacial score (nSPS) is 20.8. The van der Waals surface area contributed by atoms with E-state index in [1.165, 1.54) is 27.5 Å². The van der Waals surface area contributed by atoms with E-state index in [0.717, 1.165) is 12.1 Å². The molecule has 1 N–H and O–H groups in total. The number of piperazine rings is 1. The third kappa shape index (κ3) is 5.82. The standard InChI is InChI=1S/C23H27ClF5N5O3S/c1-32-13-18(31-15-32)38(36,37)34-11-9-33(10-12-34)21(5-7-22(25,26)8-6-21)14-30-20(35)19-16(23(27,28)29)3-2-4-17(19)24/h2-4,13,15H,5-12,14H2,1H3,(H,30,35). The predicted octanol–water partition coefficient (Wildman–Crippen LogP) is 3.78. The zero-order valence-electron chi connectivity index (χ0n) is 20.4. The van der Waals surface area contributed by atoms with Crippen molar-refractivity contribution in [3.8, 4) is 0 Å². The molecule has 8 nitrogen and oxygen atoms in total. The van der Waals surface area contributed by atoms with Crippen LogP contribution in [-0.4, -0.2) is 77.3 Å². The summed E-state index contributed by atoms with van der Waals surface area (Å²) in [6.07, 6.45) is -3.05. The molecule has 1 saturated heterocycles. The van der Waals surface area contributed by atoms with Crippen molar-refractivity contribution >= 4 is 27.5 Å². The monoisotopic (exact) mass is 583 g/mol. The van der Waals surface area contributed by atoms with Crippen molar-refractivity contribution in [1.29, 1.82) is 0 Å². The molecule has 0 spiro atoms. The number of sulfonamides is 1. The third-order valence-corrected chi connectivity index (χ3v) is 9.33. The second-order valence-corrected chi connectivity index (χ2v) is 12.0. The SMILES string of the molecule is Cn1cnc(S(=O)(=O)N2CCN(C3(CNC(=O)c4c(Cl)cccc4C(F)(F)F)CCC(F)(F)CC3)CC2)c1. The van der Waals surface area contributed by atoms with Crippen LogP contribution in [0.5, 0.6) is 0 Å². The molecule has 0 bridgehead atoms. The zero-order chi connectivity index (χ0) is 27.9. The van der Waals surface area contributed by atoms with Gasteiger partial charge in [0.05, 0.1) is 22.5 Å². The number of amides is 1. The number of halogens is 6. The summed E-state index contributed by atoms with van der Waals surface area (Å²) in [4.78, 5) is 18.7. The maximum atomic E-state index is 14.1. The van der Waals surface area contributed by atoms with Gasteiger partial charge in [0.1, 0.15) is 0 Å². The van der Waals surface area contributed by atoms with Crippen LogP contribution in [0.1, 0.15) is 41.6 Å². The first kappa shape index (κ1) is 28.7. The summed E-state index contributed by atoms with van der Waals surface area (Å²) in [6, 6.07) is 3.01. The number of nitrogens with one attached hydrogen (secondary N) is 1. The van der Waals surface area contributed by atoms with E-state index in [4.69, 9.17) is 11.6 Å². The number of imidazole rings is 1. The molecule has 38 heavy (non-hydrogen) atoms. The van der Waals surface area contributed by atoms with Gasteiger partial charge < -0.3 is 9.88 Å². The van der Waals surface area contributed by atoms with Gasteiger partial charge in [-0.05, 0) is 25.0 Å². The van der Waals surface area contributed by atoms with Gasteiger partial charge in [-0.15, -0.1) is 0 Å². The van der Waals surface area contributed by atoms with Crippen LogP contribution < -0.4 is 5.32 Å². The van der Waals surface area contributed by atoms with Gasteiger partial charge in [0, 0.05) is 64.3 Å². The molecule has 0 unspecified atom stereocenters. The Bertz CT molecular complexity index is 1280. The molecule has 1 aliphatic heterocycles. The molecule has 1 aromatic carbocycles. The van der Waals surface area contributed by atoms with Crippen molar-refractivity contribution < 1.29 is 35.2 Å². The highest BCUT2D eigenvalue weighted by molar-refractivity contribution is 7.89. The van der Waals surface area contributed by atoms with Crippen LogP contribution in [0.15, 0.2) is 35.7 Å². The molecule has 1 saturated carbocycles. The van der Waals surface area contributed by atoms with Crippen molar-refractivity contribution in [2.24, 2.45) is 7.05 Å². The number of alkyl halides is 5. The van der Waals surface area contributed by atoms with Crippen LogP contribution in [0.25, 0.3) is 0 Å². The average Bonchev–Trinajstić information content (AvgIpc) is 3.30. The number of benzene rings is 1. The Labute approximate surface area is 221 Å². The minimum atomic E-state index is -4.82. The van der Waals surface area contributed by atoms with Crippen LogP contribution in [-0.2, 0) is 23.2 Å². The first-order chi connectivity index (χ1) is 17.6. The number of hydrogen-bond acceptors (Lipinski definition) is 5. The summed E-state index contributed by atoms with van der Waals surface area (Å²) in [5.41, 5.74) is -2.91. The fourth-order valence-corrected chi connectivity index (χ4v) is 6.72. The van der Waals surface area contributed by atoms with Crippen molar-refractivity contribution in [3.05, 3.63) is 46.9 Å². The number of hydrogen-bond donors (Lipinski definition) is 1. The molecule has 2 heterocycles. The molecular weight excluding hydrogens is 557 g/mol. The summed E-state index contributed by atoms with van der Waals surface area (Å²) >= 11 is 5.94. The molecule has 2 fully saturated rings. The fraction of sp³-hybridized carbons (Fsp3) is 0.565. The fourth-order valence-electron chi connectivity index (χ4n) is 5.07. The quantitative estimate of drug-likeness (QED) is 0.523. The molecule has 2 aromatic rings. The van der Waals surface area contributed by atoms with Gasteiger partial charge in [0.25, 0.3) is 15.9 Å². The second-order valence-electron chi connectivity index (χ2n) is 9.69. The van der Waals surface area contributed by atoms with E-state index in [9.17, 15) is 35.2 Å². The van der Waals surface area contributed by atoms with E-state index in [1.807, 2.05) is 4.90 Å². The highest BCUT2D eigenvalue weighted by Gasteiger charge is 2.48. The van der Waals surface area contributed by atoms with Gasteiger partial charge in [-0.3, -0.25) is 9.69 Å². The molecule has 15 heteroatoms. The molecule has 2 aliphatic rings. The van der Waals surface area contributed by atoms with Crippen LogP contribution >= 0.6 is 11.6 Å². The summed E-state index contributed by atoms with van der Waals surface area (Å²) < 4.78 is 97.3. The van der Waals surface area contributed by atoms with Gasteiger partial charge >= 0.3 is 6.18 Å². The Hall–Kier alpha value is -2.29. The van der Waals surface area contributed by atoms with Crippen LogP contribution in [0.4, 0.5) is 22.0 Å². The van der Waals surface area contributed by atoms with Crippen molar-refractivity contribution in [2.45, 2.75) is 48.3 Å². The lowest BCUT2D eigenvalue weighted by Crippen LogP contribution is -2.63. The highest BCUT2D eigenvalue weighted by atomic mass is 35.5. The van der Waals surface area contributed by atoms with Crippen LogP contribution in [0.3, 0.4) is 0 Å². The smallest absolute Gasteiger partial charge is 0.350 e. The molecular formula is C23H27ClF5N5O3S. The van der Waals surface area contributed by atoms with Gasteiger partial charge in [0.2, 0.25) is 5.92 Å².